The molecule has 3 rings (SSSR count). The highest BCUT2D eigenvalue weighted by Crippen LogP contribution is 2.41. The average Bonchev–Trinajstić information content (AvgIpc) is 3.39. The Bertz CT molecular complexity index is 834. The molecule has 4 nitrogen and oxygen atoms in total. The molecular weight excluding hydrogens is 371 g/mol. The van der Waals surface area contributed by atoms with Crippen LogP contribution in [-0.4, -0.2) is 11.8 Å². The maximum absolute atomic E-state index is 12.3. The van der Waals surface area contributed by atoms with E-state index in [1.54, 1.807) is 18.2 Å². The second kappa shape index (κ2) is 7.68. The highest BCUT2D eigenvalue weighted by atomic mass is 35.5. The smallest absolute Gasteiger partial charge is 0.228 e. The van der Waals surface area contributed by atoms with E-state index in [4.69, 9.17) is 23.2 Å². The van der Waals surface area contributed by atoms with Gasteiger partial charge < -0.3 is 10.6 Å². The number of anilines is 2. The fourth-order valence-corrected chi connectivity index (χ4v) is 3.12. The van der Waals surface area contributed by atoms with Gasteiger partial charge in [-0.2, -0.15) is 0 Å². The van der Waals surface area contributed by atoms with Gasteiger partial charge in [-0.05, 0) is 48.2 Å². The van der Waals surface area contributed by atoms with Crippen LogP contribution >= 0.6 is 23.2 Å². The number of nitrogens with one attached hydrogen (secondary N) is 2. The van der Waals surface area contributed by atoms with Gasteiger partial charge in [-0.1, -0.05) is 49.2 Å². The van der Waals surface area contributed by atoms with Gasteiger partial charge in [-0.15, -0.1) is 0 Å². The molecule has 2 N–H and O–H groups in total. The van der Waals surface area contributed by atoms with Crippen molar-refractivity contribution in [1.29, 1.82) is 0 Å². The highest BCUT2D eigenvalue weighted by Gasteiger charge is 2.48. The Morgan fingerprint density at radius 3 is 2.19 bits per heavy atom. The summed E-state index contributed by atoms with van der Waals surface area (Å²) < 4.78 is 0. The lowest BCUT2D eigenvalue weighted by Gasteiger charge is -2.09. The maximum Gasteiger partial charge on any atom is 0.228 e. The molecule has 6 heteroatoms. The molecule has 0 bridgehead atoms. The molecular formula is C20H20Cl2N2O2. The van der Waals surface area contributed by atoms with Crippen molar-refractivity contribution in [3.8, 4) is 0 Å². The summed E-state index contributed by atoms with van der Waals surface area (Å²) in [5, 5.41) is 6.52. The average molecular weight is 391 g/mol. The number of amides is 2. The van der Waals surface area contributed by atoms with Crippen molar-refractivity contribution in [2.45, 2.75) is 26.2 Å². The van der Waals surface area contributed by atoms with Crippen molar-refractivity contribution in [2.75, 3.05) is 10.6 Å². The van der Waals surface area contributed by atoms with Crippen LogP contribution in [0, 0.1) is 11.8 Å². The van der Waals surface area contributed by atoms with Crippen molar-refractivity contribution in [3.05, 3.63) is 58.1 Å². The van der Waals surface area contributed by atoms with E-state index in [2.05, 4.69) is 24.5 Å². The maximum atomic E-state index is 12.3. The third-order valence-corrected chi connectivity index (χ3v) is 5.06. The number of rotatable bonds is 5. The molecule has 2 amide bonds. The minimum Gasteiger partial charge on any atom is -0.326 e. The second-order valence-electron chi connectivity index (χ2n) is 6.83. The van der Waals surface area contributed by atoms with Crippen LogP contribution in [0.3, 0.4) is 0 Å². The molecule has 0 heterocycles. The number of hydrogen-bond acceptors (Lipinski definition) is 2. The van der Waals surface area contributed by atoms with Crippen LogP contribution < -0.4 is 10.6 Å². The molecule has 1 saturated carbocycles. The molecule has 2 aromatic carbocycles. The lowest BCUT2D eigenvalue weighted by Crippen LogP contribution is -2.20. The first-order chi connectivity index (χ1) is 12.3. The zero-order chi connectivity index (χ0) is 18.8. The molecule has 0 aromatic heterocycles. The van der Waals surface area contributed by atoms with E-state index in [0.717, 1.165) is 5.69 Å². The van der Waals surface area contributed by atoms with Gasteiger partial charge in [0, 0.05) is 10.7 Å². The number of carbonyl (C=O) groups excluding carboxylic acids is 2. The Morgan fingerprint density at radius 2 is 1.58 bits per heavy atom. The lowest BCUT2D eigenvalue weighted by atomic mass is 10.0. The topological polar surface area (TPSA) is 58.2 Å². The van der Waals surface area contributed by atoms with Crippen molar-refractivity contribution >= 4 is 46.4 Å². The van der Waals surface area contributed by atoms with Crippen LogP contribution in [0.5, 0.6) is 0 Å². The molecule has 1 fully saturated rings. The third-order valence-electron chi connectivity index (χ3n) is 4.50. The molecule has 2 unspecified atom stereocenters. The first kappa shape index (κ1) is 18.7. The van der Waals surface area contributed by atoms with Crippen LogP contribution in [0.1, 0.15) is 31.7 Å². The van der Waals surface area contributed by atoms with E-state index >= 15 is 0 Å². The first-order valence-electron chi connectivity index (χ1n) is 8.52. The van der Waals surface area contributed by atoms with Gasteiger partial charge in [0.25, 0.3) is 0 Å². The van der Waals surface area contributed by atoms with E-state index in [0.29, 0.717) is 28.1 Å². The summed E-state index contributed by atoms with van der Waals surface area (Å²) in [6, 6.07) is 12.6. The van der Waals surface area contributed by atoms with Gasteiger partial charge in [0.05, 0.1) is 22.5 Å². The largest absolute Gasteiger partial charge is 0.326 e. The normalized spacial score (nSPS) is 18.5. The summed E-state index contributed by atoms with van der Waals surface area (Å²) in [5.41, 5.74) is 2.41. The minimum atomic E-state index is -0.347. The molecule has 2 aromatic rings. The van der Waals surface area contributed by atoms with Crippen LogP contribution in [0.25, 0.3) is 0 Å². The number of hydrogen-bond donors (Lipinski definition) is 2. The van der Waals surface area contributed by atoms with Crippen LogP contribution in [-0.2, 0) is 9.59 Å². The van der Waals surface area contributed by atoms with E-state index in [1.807, 2.05) is 24.3 Å². The molecule has 26 heavy (non-hydrogen) atoms. The van der Waals surface area contributed by atoms with Gasteiger partial charge in [-0.25, -0.2) is 0 Å². The second-order valence-corrected chi connectivity index (χ2v) is 7.67. The Hall–Kier alpha value is -2.04. The molecule has 1 aliphatic carbocycles. The molecule has 0 spiro atoms. The van der Waals surface area contributed by atoms with Crippen molar-refractivity contribution < 1.29 is 9.59 Å². The van der Waals surface area contributed by atoms with Gasteiger partial charge in [0.1, 0.15) is 0 Å². The standard InChI is InChI=1S/C20H20Cl2N2O2/c1-11(2)12-3-6-14(7-4-12)23-19(25)15-10-16(15)20(26)24-18-9-13(21)5-8-17(18)22/h3-9,11,15-16H,10H2,1-2H3,(H,23,25)(H,24,26). The quantitative estimate of drug-likeness (QED) is 0.724. The monoisotopic (exact) mass is 390 g/mol. The number of halogens is 2. The van der Waals surface area contributed by atoms with E-state index in [1.165, 1.54) is 5.56 Å². The zero-order valence-corrected chi connectivity index (χ0v) is 16.1. The molecule has 0 saturated heterocycles. The highest BCUT2D eigenvalue weighted by molar-refractivity contribution is 6.35. The van der Waals surface area contributed by atoms with E-state index < -0.39 is 0 Å². The Balaban J connectivity index is 1.56. The Morgan fingerprint density at radius 1 is 0.962 bits per heavy atom. The molecule has 1 aliphatic rings. The van der Waals surface area contributed by atoms with Crippen LogP contribution in [0.15, 0.2) is 42.5 Å². The van der Waals surface area contributed by atoms with Crippen molar-refractivity contribution in [2.24, 2.45) is 11.8 Å². The fraction of sp³-hybridized carbons (Fsp3) is 0.300. The van der Waals surface area contributed by atoms with Gasteiger partial charge in [0.2, 0.25) is 11.8 Å². The Kier molecular flexibility index (Phi) is 5.54. The van der Waals surface area contributed by atoms with Crippen molar-refractivity contribution in [3.63, 3.8) is 0 Å². The summed E-state index contributed by atoms with van der Waals surface area (Å²) in [6.07, 6.45) is 0.528. The van der Waals surface area contributed by atoms with E-state index in [-0.39, 0.29) is 23.7 Å². The lowest BCUT2D eigenvalue weighted by molar-refractivity contribution is -0.122. The minimum absolute atomic E-state index is 0.139. The summed E-state index contributed by atoms with van der Waals surface area (Å²) in [6.45, 7) is 4.24. The van der Waals surface area contributed by atoms with Gasteiger partial charge >= 0.3 is 0 Å². The number of benzene rings is 2. The van der Waals surface area contributed by atoms with Crippen molar-refractivity contribution in [1.82, 2.24) is 0 Å². The summed E-state index contributed by atoms with van der Waals surface area (Å²) in [7, 11) is 0. The van der Waals surface area contributed by atoms with E-state index in [9.17, 15) is 9.59 Å². The third kappa shape index (κ3) is 4.37. The predicted molar refractivity (Wildman–Crippen MR) is 106 cm³/mol. The van der Waals surface area contributed by atoms with Crippen LogP contribution in [0.4, 0.5) is 11.4 Å². The Labute approximate surface area is 162 Å². The summed E-state index contributed by atoms with van der Waals surface area (Å²) in [5.74, 6) is -0.587. The van der Waals surface area contributed by atoms with Gasteiger partial charge in [-0.3, -0.25) is 9.59 Å². The molecule has 2 atom stereocenters. The fourth-order valence-electron chi connectivity index (χ4n) is 2.78. The predicted octanol–water partition coefficient (Wildman–Crippen LogP) is 5.33. The van der Waals surface area contributed by atoms with Gasteiger partial charge in [0.15, 0.2) is 0 Å². The SMILES string of the molecule is CC(C)c1ccc(NC(=O)C2CC2C(=O)Nc2cc(Cl)ccc2Cl)cc1. The first-order valence-corrected chi connectivity index (χ1v) is 9.27. The molecule has 136 valence electrons. The molecule has 0 radical (unpaired) electrons. The zero-order valence-electron chi connectivity index (χ0n) is 14.6. The van der Waals surface area contributed by atoms with Crippen LogP contribution in [0.2, 0.25) is 10.0 Å². The summed E-state index contributed by atoms with van der Waals surface area (Å²) >= 11 is 12.0. The summed E-state index contributed by atoms with van der Waals surface area (Å²) in [4.78, 5) is 24.7. The molecule has 0 aliphatic heterocycles. The number of carbonyl (C=O) groups is 2.